The van der Waals surface area contributed by atoms with Crippen LogP contribution in [0.2, 0.25) is 5.02 Å². The van der Waals surface area contributed by atoms with E-state index in [-0.39, 0.29) is 16.5 Å². The van der Waals surface area contributed by atoms with Gasteiger partial charge in [-0.25, -0.2) is 18.1 Å². The molecular formula is C15H13ClN4O2S. The van der Waals surface area contributed by atoms with Gasteiger partial charge in [-0.1, -0.05) is 41.9 Å². The van der Waals surface area contributed by atoms with Crippen LogP contribution in [0.25, 0.3) is 11.4 Å². The normalized spacial score (nSPS) is 11.5. The fraction of sp³-hybridized carbons (Fsp3) is 0.0667. The van der Waals surface area contributed by atoms with Gasteiger partial charge in [0.2, 0.25) is 10.0 Å². The Hall–Kier alpha value is -2.22. The van der Waals surface area contributed by atoms with E-state index < -0.39 is 10.0 Å². The van der Waals surface area contributed by atoms with Gasteiger partial charge in [0.15, 0.2) is 5.82 Å². The summed E-state index contributed by atoms with van der Waals surface area (Å²) < 4.78 is 27.2. The number of H-pyrrole nitrogens is 1. The SMILES string of the molecule is O=S(=O)(NCc1cccc(-c2ncn[nH]2)c1)c1ccccc1Cl. The second-order valence-corrected chi connectivity index (χ2v) is 6.93. The Balaban J connectivity index is 1.78. The molecule has 2 N–H and O–H groups in total. The maximum atomic E-state index is 12.3. The van der Waals surface area contributed by atoms with Gasteiger partial charge in [0.25, 0.3) is 0 Å². The number of rotatable bonds is 5. The number of benzene rings is 2. The molecule has 0 saturated heterocycles. The zero-order valence-electron chi connectivity index (χ0n) is 11.9. The molecule has 0 aliphatic heterocycles. The van der Waals surface area contributed by atoms with Crippen molar-refractivity contribution in [3.05, 3.63) is 65.4 Å². The van der Waals surface area contributed by atoms with E-state index >= 15 is 0 Å². The molecule has 0 saturated carbocycles. The Bertz CT molecular complexity index is 911. The van der Waals surface area contributed by atoms with Gasteiger partial charge in [-0.2, -0.15) is 5.10 Å². The smallest absolute Gasteiger partial charge is 0.242 e. The quantitative estimate of drug-likeness (QED) is 0.741. The molecule has 8 heteroatoms. The van der Waals surface area contributed by atoms with Crippen LogP contribution in [-0.2, 0) is 16.6 Å². The van der Waals surface area contributed by atoms with Gasteiger partial charge < -0.3 is 0 Å². The van der Waals surface area contributed by atoms with Crippen molar-refractivity contribution >= 4 is 21.6 Å². The first-order valence-corrected chi connectivity index (χ1v) is 8.61. The van der Waals surface area contributed by atoms with E-state index in [2.05, 4.69) is 19.9 Å². The van der Waals surface area contributed by atoms with Gasteiger partial charge in [0.05, 0.1) is 5.02 Å². The van der Waals surface area contributed by atoms with Crippen LogP contribution >= 0.6 is 11.6 Å². The molecule has 0 unspecified atom stereocenters. The summed E-state index contributed by atoms with van der Waals surface area (Å²) in [6, 6.07) is 13.7. The van der Waals surface area contributed by atoms with Gasteiger partial charge >= 0.3 is 0 Å². The average molecular weight is 349 g/mol. The Morgan fingerprint density at radius 3 is 2.70 bits per heavy atom. The Morgan fingerprint density at radius 2 is 1.96 bits per heavy atom. The molecule has 3 rings (SSSR count). The highest BCUT2D eigenvalue weighted by molar-refractivity contribution is 7.89. The molecule has 0 spiro atoms. The molecule has 0 bridgehead atoms. The molecule has 0 aliphatic carbocycles. The number of halogens is 1. The third kappa shape index (κ3) is 3.58. The topological polar surface area (TPSA) is 87.7 Å². The van der Waals surface area contributed by atoms with Crippen LogP contribution in [0.15, 0.2) is 59.8 Å². The van der Waals surface area contributed by atoms with Crippen LogP contribution in [0.3, 0.4) is 0 Å². The molecule has 0 radical (unpaired) electrons. The van der Waals surface area contributed by atoms with Crippen molar-refractivity contribution in [3.63, 3.8) is 0 Å². The Kier molecular flexibility index (Phi) is 4.42. The molecule has 3 aromatic rings. The zero-order valence-corrected chi connectivity index (χ0v) is 13.5. The number of aromatic amines is 1. The third-order valence-corrected chi connectivity index (χ3v) is 5.11. The number of hydrogen-bond donors (Lipinski definition) is 2. The van der Waals surface area contributed by atoms with E-state index in [1.807, 2.05) is 24.3 Å². The minimum atomic E-state index is -3.67. The molecule has 1 aromatic heterocycles. The minimum absolute atomic E-state index is 0.0630. The highest BCUT2D eigenvalue weighted by Crippen LogP contribution is 2.21. The summed E-state index contributed by atoms with van der Waals surface area (Å²) in [4.78, 5) is 4.14. The molecule has 0 fully saturated rings. The fourth-order valence-corrected chi connectivity index (χ4v) is 3.63. The van der Waals surface area contributed by atoms with Crippen LogP contribution < -0.4 is 4.72 Å². The molecule has 0 atom stereocenters. The van der Waals surface area contributed by atoms with Gasteiger partial charge in [-0.15, -0.1) is 0 Å². The first kappa shape index (κ1) is 15.7. The predicted molar refractivity (Wildman–Crippen MR) is 87.3 cm³/mol. The van der Waals surface area contributed by atoms with E-state index in [1.165, 1.54) is 12.4 Å². The number of nitrogens with zero attached hydrogens (tertiary/aromatic N) is 2. The molecular weight excluding hydrogens is 336 g/mol. The van der Waals surface area contributed by atoms with Crippen LogP contribution in [0.1, 0.15) is 5.56 Å². The van der Waals surface area contributed by atoms with E-state index in [1.54, 1.807) is 18.2 Å². The molecule has 6 nitrogen and oxygen atoms in total. The first-order valence-electron chi connectivity index (χ1n) is 6.75. The highest BCUT2D eigenvalue weighted by Gasteiger charge is 2.17. The maximum Gasteiger partial charge on any atom is 0.242 e. The number of aromatic nitrogens is 3. The summed E-state index contributed by atoms with van der Waals surface area (Å²) >= 11 is 5.94. The van der Waals surface area contributed by atoms with Crippen molar-refractivity contribution in [2.75, 3.05) is 0 Å². The van der Waals surface area contributed by atoms with Gasteiger partial charge in [-0.05, 0) is 23.8 Å². The van der Waals surface area contributed by atoms with E-state index in [4.69, 9.17) is 11.6 Å². The zero-order chi connectivity index (χ0) is 16.3. The molecule has 0 amide bonds. The minimum Gasteiger partial charge on any atom is -0.259 e. The molecule has 118 valence electrons. The van der Waals surface area contributed by atoms with E-state index in [0.29, 0.717) is 5.82 Å². The summed E-state index contributed by atoms with van der Waals surface area (Å²) in [7, 11) is -3.67. The fourth-order valence-electron chi connectivity index (χ4n) is 2.09. The summed E-state index contributed by atoms with van der Waals surface area (Å²) in [6.45, 7) is 0.148. The largest absolute Gasteiger partial charge is 0.259 e. The van der Waals surface area contributed by atoms with Crippen molar-refractivity contribution in [1.29, 1.82) is 0 Å². The molecule has 0 aliphatic rings. The predicted octanol–water partition coefficient (Wildman–Crippen LogP) is 2.60. The first-order chi connectivity index (χ1) is 11.1. The van der Waals surface area contributed by atoms with Gasteiger partial charge in [0, 0.05) is 12.1 Å². The Morgan fingerprint density at radius 1 is 1.13 bits per heavy atom. The van der Waals surface area contributed by atoms with Crippen molar-refractivity contribution in [3.8, 4) is 11.4 Å². The average Bonchev–Trinajstić information content (AvgIpc) is 3.08. The lowest BCUT2D eigenvalue weighted by Gasteiger charge is -2.09. The lowest BCUT2D eigenvalue weighted by atomic mass is 10.1. The van der Waals surface area contributed by atoms with Crippen molar-refractivity contribution in [1.82, 2.24) is 19.9 Å². The van der Waals surface area contributed by atoms with Crippen LogP contribution in [0, 0.1) is 0 Å². The van der Waals surface area contributed by atoms with Gasteiger partial charge in [0.1, 0.15) is 11.2 Å². The van der Waals surface area contributed by atoms with Crippen LogP contribution in [-0.4, -0.2) is 23.6 Å². The van der Waals surface area contributed by atoms with Crippen molar-refractivity contribution in [2.24, 2.45) is 0 Å². The highest BCUT2D eigenvalue weighted by atomic mass is 35.5. The number of hydrogen-bond acceptors (Lipinski definition) is 4. The molecule has 2 aromatic carbocycles. The third-order valence-electron chi connectivity index (χ3n) is 3.21. The number of nitrogens with one attached hydrogen (secondary N) is 2. The summed E-state index contributed by atoms with van der Waals surface area (Å²) in [5, 5.41) is 6.76. The summed E-state index contributed by atoms with van der Waals surface area (Å²) in [6.07, 6.45) is 1.42. The summed E-state index contributed by atoms with van der Waals surface area (Å²) in [5.41, 5.74) is 1.63. The van der Waals surface area contributed by atoms with Crippen molar-refractivity contribution in [2.45, 2.75) is 11.4 Å². The second-order valence-electron chi connectivity index (χ2n) is 4.79. The molecule has 23 heavy (non-hydrogen) atoms. The van der Waals surface area contributed by atoms with Crippen molar-refractivity contribution < 1.29 is 8.42 Å². The van der Waals surface area contributed by atoms with Gasteiger partial charge in [-0.3, -0.25) is 5.10 Å². The number of sulfonamides is 1. The van der Waals surface area contributed by atoms with Crippen LogP contribution in [0.4, 0.5) is 0 Å². The lowest BCUT2D eigenvalue weighted by Crippen LogP contribution is -2.23. The second kappa shape index (κ2) is 6.49. The van der Waals surface area contributed by atoms with Crippen LogP contribution in [0.5, 0.6) is 0 Å². The van der Waals surface area contributed by atoms with E-state index in [0.717, 1.165) is 11.1 Å². The monoisotopic (exact) mass is 348 g/mol. The molecule has 1 heterocycles. The summed E-state index contributed by atoms with van der Waals surface area (Å²) in [5.74, 6) is 0.626. The lowest BCUT2D eigenvalue weighted by molar-refractivity contribution is 0.581. The maximum absolute atomic E-state index is 12.3. The standard InChI is InChI=1S/C15H13ClN4O2S/c16-13-6-1-2-7-14(13)23(21,22)19-9-11-4-3-5-12(8-11)15-17-10-18-20-15/h1-8,10,19H,9H2,(H,17,18,20). The Labute approximate surface area is 138 Å². The van der Waals surface area contributed by atoms with E-state index in [9.17, 15) is 8.42 Å².